The molecule has 82 valence electrons. The topological polar surface area (TPSA) is 17.1 Å². The summed E-state index contributed by atoms with van der Waals surface area (Å²) in [6.45, 7) is 1.87. The molecule has 0 radical (unpaired) electrons. The van der Waals surface area contributed by atoms with Gasteiger partial charge in [0.1, 0.15) is 0 Å². The molecule has 0 spiro atoms. The lowest BCUT2D eigenvalue weighted by Crippen LogP contribution is -1.90. The van der Waals surface area contributed by atoms with Gasteiger partial charge in [0.15, 0.2) is 5.78 Å². The average molecular weight is 251 g/mol. The van der Waals surface area contributed by atoms with Crippen molar-refractivity contribution >= 4 is 28.7 Å². The van der Waals surface area contributed by atoms with E-state index in [1.807, 2.05) is 43.3 Å². The highest BCUT2D eigenvalue weighted by atomic mass is 35.5. The lowest BCUT2D eigenvalue weighted by atomic mass is 10.2. The zero-order valence-electron chi connectivity index (χ0n) is 8.87. The van der Waals surface area contributed by atoms with Crippen LogP contribution in [-0.4, -0.2) is 5.78 Å². The highest BCUT2D eigenvalue weighted by Gasteiger charge is 2.09. The van der Waals surface area contributed by atoms with E-state index in [9.17, 15) is 4.79 Å². The van der Waals surface area contributed by atoms with Crippen molar-refractivity contribution in [2.75, 3.05) is 0 Å². The van der Waals surface area contributed by atoms with Crippen molar-refractivity contribution in [3.8, 4) is 10.4 Å². The number of carbonyl (C=O) groups is 1. The maximum Gasteiger partial charge on any atom is 0.172 e. The summed E-state index contributed by atoms with van der Waals surface area (Å²) < 4.78 is 0. The van der Waals surface area contributed by atoms with Gasteiger partial charge in [-0.2, -0.15) is 0 Å². The maximum absolute atomic E-state index is 11.5. The summed E-state index contributed by atoms with van der Waals surface area (Å²) in [5, 5.41) is 0.722. The van der Waals surface area contributed by atoms with Gasteiger partial charge in [-0.05, 0) is 18.2 Å². The number of hydrogen-bond donors (Lipinski definition) is 0. The van der Waals surface area contributed by atoms with E-state index in [2.05, 4.69) is 0 Å². The van der Waals surface area contributed by atoms with Gasteiger partial charge >= 0.3 is 0 Å². The molecule has 0 aliphatic heterocycles. The van der Waals surface area contributed by atoms with Crippen LogP contribution >= 0.6 is 22.9 Å². The first-order chi connectivity index (χ1) is 7.72. The van der Waals surface area contributed by atoms with E-state index in [0.717, 1.165) is 20.3 Å². The van der Waals surface area contributed by atoms with Gasteiger partial charge in [-0.15, -0.1) is 11.3 Å². The maximum atomic E-state index is 11.5. The summed E-state index contributed by atoms with van der Waals surface area (Å²) in [5.41, 5.74) is 0.990. The lowest BCUT2D eigenvalue weighted by molar-refractivity contribution is 0.0992. The molecule has 3 heteroatoms. The summed E-state index contributed by atoms with van der Waals surface area (Å²) in [7, 11) is 0. The molecule has 0 saturated carbocycles. The van der Waals surface area contributed by atoms with Crippen LogP contribution in [0.4, 0.5) is 0 Å². The Morgan fingerprint density at radius 1 is 1.25 bits per heavy atom. The molecule has 0 saturated heterocycles. The van der Waals surface area contributed by atoms with E-state index in [4.69, 9.17) is 11.6 Å². The first-order valence-electron chi connectivity index (χ1n) is 5.10. The number of ketones is 1. The number of benzene rings is 1. The highest BCUT2D eigenvalue weighted by Crippen LogP contribution is 2.33. The van der Waals surface area contributed by atoms with Gasteiger partial charge in [-0.1, -0.05) is 36.7 Å². The minimum atomic E-state index is 0.184. The van der Waals surface area contributed by atoms with E-state index >= 15 is 0 Å². The van der Waals surface area contributed by atoms with Crippen LogP contribution in [0.15, 0.2) is 36.4 Å². The van der Waals surface area contributed by atoms with Crippen LogP contribution in [0, 0.1) is 0 Å². The molecule has 1 aromatic heterocycles. The molecule has 0 atom stereocenters. The zero-order chi connectivity index (χ0) is 11.5. The number of carbonyl (C=O) groups excluding carboxylic acids is 1. The number of rotatable bonds is 3. The first kappa shape index (κ1) is 11.4. The number of hydrogen-bond acceptors (Lipinski definition) is 2. The van der Waals surface area contributed by atoms with E-state index in [1.165, 1.54) is 11.3 Å². The van der Waals surface area contributed by atoms with Crippen molar-refractivity contribution in [1.29, 1.82) is 0 Å². The Bertz CT molecular complexity index is 516. The Balaban J connectivity index is 2.39. The number of Topliss-reactive ketones (excluding diaryl/α,β-unsaturated/α-hetero) is 1. The second kappa shape index (κ2) is 4.81. The summed E-state index contributed by atoms with van der Waals surface area (Å²) >= 11 is 7.60. The minimum Gasteiger partial charge on any atom is -0.293 e. The molecular weight excluding hydrogens is 240 g/mol. The summed E-state index contributed by atoms with van der Waals surface area (Å²) in [6.07, 6.45) is 0.544. The largest absolute Gasteiger partial charge is 0.293 e. The Hall–Kier alpha value is -1.12. The number of halogens is 1. The summed E-state index contributed by atoms with van der Waals surface area (Å²) in [5.74, 6) is 0.184. The second-order valence-corrected chi connectivity index (χ2v) is 4.91. The Morgan fingerprint density at radius 3 is 2.69 bits per heavy atom. The average Bonchev–Trinajstić information content (AvgIpc) is 2.78. The van der Waals surface area contributed by atoms with Crippen molar-refractivity contribution < 1.29 is 4.79 Å². The monoisotopic (exact) mass is 250 g/mol. The third-order valence-corrected chi connectivity index (χ3v) is 3.83. The molecule has 16 heavy (non-hydrogen) atoms. The number of thiophene rings is 1. The Kier molecular flexibility index (Phi) is 3.42. The molecule has 1 heterocycles. The van der Waals surface area contributed by atoms with Crippen LogP contribution in [0.3, 0.4) is 0 Å². The second-order valence-electron chi connectivity index (χ2n) is 3.42. The third-order valence-electron chi connectivity index (χ3n) is 2.34. The lowest BCUT2D eigenvalue weighted by Gasteiger charge is -1.99. The van der Waals surface area contributed by atoms with Gasteiger partial charge < -0.3 is 0 Å². The van der Waals surface area contributed by atoms with Crippen LogP contribution in [-0.2, 0) is 0 Å². The van der Waals surface area contributed by atoms with Crippen molar-refractivity contribution in [3.63, 3.8) is 0 Å². The SMILES string of the molecule is CCC(=O)c1ccc(-c2ccccc2Cl)s1. The third kappa shape index (κ3) is 2.18. The molecule has 1 nitrogen and oxygen atoms in total. The van der Waals surface area contributed by atoms with E-state index in [1.54, 1.807) is 0 Å². The van der Waals surface area contributed by atoms with Crippen LogP contribution < -0.4 is 0 Å². The van der Waals surface area contributed by atoms with E-state index in [0.29, 0.717) is 6.42 Å². The van der Waals surface area contributed by atoms with Crippen LogP contribution in [0.2, 0.25) is 5.02 Å². The van der Waals surface area contributed by atoms with E-state index in [-0.39, 0.29) is 5.78 Å². The molecule has 2 aromatic rings. The Labute approximate surface area is 104 Å². The summed E-state index contributed by atoms with van der Waals surface area (Å²) in [6, 6.07) is 11.5. The van der Waals surface area contributed by atoms with Gasteiger partial charge in [-0.25, -0.2) is 0 Å². The molecule has 1 aromatic carbocycles. The smallest absolute Gasteiger partial charge is 0.172 e. The predicted molar refractivity (Wildman–Crippen MR) is 69.4 cm³/mol. The molecular formula is C13H11ClOS. The molecule has 0 amide bonds. The van der Waals surface area contributed by atoms with Crippen molar-refractivity contribution in [1.82, 2.24) is 0 Å². The van der Waals surface area contributed by atoms with E-state index < -0.39 is 0 Å². The Morgan fingerprint density at radius 2 is 2.00 bits per heavy atom. The summed E-state index contributed by atoms with van der Waals surface area (Å²) in [4.78, 5) is 13.4. The molecule has 0 aliphatic carbocycles. The fourth-order valence-electron chi connectivity index (χ4n) is 1.47. The predicted octanol–water partition coefficient (Wildman–Crippen LogP) is 4.66. The fraction of sp³-hybridized carbons (Fsp3) is 0.154. The fourth-order valence-corrected chi connectivity index (χ4v) is 2.82. The molecule has 2 rings (SSSR count). The standard InChI is InChI=1S/C13H11ClOS/c1-2-11(15)13-8-7-12(16-13)9-5-3-4-6-10(9)14/h3-8H,2H2,1H3. The van der Waals surface area contributed by atoms with Gasteiger partial charge in [0.05, 0.1) is 4.88 Å². The minimum absolute atomic E-state index is 0.184. The molecule has 0 aliphatic rings. The van der Waals surface area contributed by atoms with Gasteiger partial charge in [-0.3, -0.25) is 4.79 Å². The van der Waals surface area contributed by atoms with Gasteiger partial charge in [0, 0.05) is 21.9 Å². The molecule has 0 unspecified atom stereocenters. The quantitative estimate of drug-likeness (QED) is 0.724. The van der Waals surface area contributed by atoms with Crippen molar-refractivity contribution in [2.24, 2.45) is 0 Å². The first-order valence-corrected chi connectivity index (χ1v) is 6.29. The van der Waals surface area contributed by atoms with Gasteiger partial charge in [0.2, 0.25) is 0 Å². The van der Waals surface area contributed by atoms with Gasteiger partial charge in [0.25, 0.3) is 0 Å². The normalized spacial score (nSPS) is 10.4. The zero-order valence-corrected chi connectivity index (χ0v) is 10.4. The van der Waals surface area contributed by atoms with Crippen molar-refractivity contribution in [3.05, 3.63) is 46.3 Å². The molecule has 0 fully saturated rings. The highest BCUT2D eigenvalue weighted by molar-refractivity contribution is 7.17. The van der Waals surface area contributed by atoms with Crippen LogP contribution in [0.5, 0.6) is 0 Å². The molecule has 0 N–H and O–H groups in total. The van der Waals surface area contributed by atoms with Crippen LogP contribution in [0.1, 0.15) is 23.0 Å². The van der Waals surface area contributed by atoms with Crippen molar-refractivity contribution in [2.45, 2.75) is 13.3 Å². The molecule has 0 bridgehead atoms. The van der Waals surface area contributed by atoms with Crippen LogP contribution in [0.25, 0.3) is 10.4 Å².